The zero-order valence-electron chi connectivity index (χ0n) is 21.6. The minimum absolute atomic E-state index is 0.0266. The molecule has 11 heteroatoms. The minimum Gasteiger partial charge on any atom is -0.432 e. The molecule has 0 spiro atoms. The average molecular weight is 532 g/mol. The molecule has 1 aliphatic carbocycles. The van der Waals surface area contributed by atoms with Gasteiger partial charge < -0.3 is 44.7 Å². The molecule has 1 aromatic rings. The molecule has 0 unspecified atom stereocenters. The van der Waals surface area contributed by atoms with Crippen molar-refractivity contribution in [1.29, 1.82) is 0 Å². The van der Waals surface area contributed by atoms with E-state index >= 15 is 0 Å². The molecule has 2 saturated heterocycles. The summed E-state index contributed by atoms with van der Waals surface area (Å²) in [6.07, 6.45) is -7.96. The number of benzene rings is 1. The minimum atomic E-state index is -3.34. The van der Waals surface area contributed by atoms with E-state index in [0.717, 1.165) is 0 Å². The summed E-state index contributed by atoms with van der Waals surface area (Å²) in [5.74, 6) is -2.72. The summed E-state index contributed by atoms with van der Waals surface area (Å²) < 4.78 is 49.7. The first-order valence-electron chi connectivity index (χ1n) is 12.9. The van der Waals surface area contributed by atoms with Gasteiger partial charge in [0, 0.05) is 19.3 Å². The van der Waals surface area contributed by atoms with Crippen molar-refractivity contribution >= 4 is 0 Å². The van der Waals surface area contributed by atoms with Crippen molar-refractivity contribution in [2.45, 2.75) is 113 Å². The van der Waals surface area contributed by atoms with Gasteiger partial charge in [0.05, 0.1) is 24.4 Å². The van der Waals surface area contributed by atoms with Crippen LogP contribution in [0.1, 0.15) is 52.0 Å². The van der Waals surface area contributed by atoms with Crippen LogP contribution in [0.4, 0.5) is 8.78 Å². The maximum atomic E-state index is 13.5. The van der Waals surface area contributed by atoms with E-state index in [1.165, 1.54) is 6.07 Å². The first kappa shape index (κ1) is 28.6. The number of ether oxygens (including phenoxy) is 4. The Labute approximate surface area is 215 Å². The molecule has 10 atom stereocenters. The number of aliphatic hydroxyl groups excluding tert-OH is 2. The van der Waals surface area contributed by atoms with Gasteiger partial charge in [-0.2, -0.15) is 8.78 Å². The number of likely N-dealkylation sites (N-methyl/N-ethyl adjacent to an activating group) is 1. The van der Waals surface area contributed by atoms with Crippen molar-refractivity contribution in [2.75, 3.05) is 7.05 Å². The Hall–Kier alpha value is -1.44. The molecule has 2 heterocycles. The first-order valence-corrected chi connectivity index (χ1v) is 12.9. The van der Waals surface area contributed by atoms with Crippen molar-refractivity contribution in [3.8, 4) is 5.75 Å². The molecule has 3 aliphatic rings. The monoisotopic (exact) mass is 531 g/mol. The van der Waals surface area contributed by atoms with Gasteiger partial charge >= 0.3 is 6.11 Å². The lowest BCUT2D eigenvalue weighted by Gasteiger charge is -2.60. The predicted molar refractivity (Wildman–Crippen MR) is 128 cm³/mol. The van der Waals surface area contributed by atoms with Gasteiger partial charge in [-0.1, -0.05) is 25.1 Å². The predicted octanol–water partition coefficient (Wildman–Crippen LogP) is 1.69. The summed E-state index contributed by atoms with van der Waals surface area (Å²) in [6.45, 7) is 4.26. The van der Waals surface area contributed by atoms with E-state index in [9.17, 15) is 29.2 Å². The molecule has 1 aromatic carbocycles. The van der Waals surface area contributed by atoms with Crippen LogP contribution < -0.4 is 10.1 Å². The number of hydrogen-bond donors (Lipinski definition) is 5. The summed E-state index contributed by atoms with van der Waals surface area (Å²) in [5.41, 5.74) is -1.28. The number of halogens is 2. The molecule has 3 fully saturated rings. The lowest BCUT2D eigenvalue weighted by Crippen LogP contribution is -2.78. The Balaban J connectivity index is 1.55. The molecule has 9 nitrogen and oxygen atoms in total. The highest BCUT2D eigenvalue weighted by atomic mass is 19.3. The van der Waals surface area contributed by atoms with Crippen molar-refractivity contribution in [2.24, 2.45) is 5.92 Å². The Morgan fingerprint density at radius 1 is 1.14 bits per heavy atom. The molecule has 0 aromatic heterocycles. The zero-order valence-corrected chi connectivity index (χ0v) is 21.6. The number of aryl methyl sites for hydroxylation is 1. The van der Waals surface area contributed by atoms with Crippen LogP contribution in [-0.4, -0.2) is 87.8 Å². The Morgan fingerprint density at radius 2 is 1.84 bits per heavy atom. The van der Waals surface area contributed by atoms with Gasteiger partial charge in [-0.3, -0.25) is 0 Å². The Kier molecular flexibility index (Phi) is 8.19. The topological polar surface area (TPSA) is 130 Å². The van der Waals surface area contributed by atoms with E-state index in [0.29, 0.717) is 31.7 Å². The van der Waals surface area contributed by atoms with Gasteiger partial charge in [-0.05, 0) is 51.3 Å². The SMILES string of the molecule is CC[C@@H]1[C@H](O)[C@H](NC)[C@H]2O[C@]3(O)[C@H](O[C@@H]2[C@H]1O)O[C@H](C)C[C@@]3(O)CCCc1ccccc1OC(C)(F)F. The second kappa shape index (κ2) is 10.6. The summed E-state index contributed by atoms with van der Waals surface area (Å²) in [5, 5.41) is 48.3. The van der Waals surface area contributed by atoms with Gasteiger partial charge in [0.15, 0.2) is 0 Å². The van der Waals surface area contributed by atoms with E-state index in [1.54, 1.807) is 32.2 Å². The standard InChI is InChI=1S/C26H39F2NO8/c1-5-16-19(30)18(29-4)21-22(20(16)31)35-23-26(33,37-21)25(32,13-14(2)34-23)12-8-10-15-9-6-7-11-17(15)36-24(3,27)28/h6-7,9,11,14,16,18-23,29-33H,5,8,10,12-13H2,1-4H3/t14-,16-,18+,19+,20+,21-,22-,23+,25+,26-/m1/s1. The van der Waals surface area contributed by atoms with E-state index in [2.05, 4.69) is 5.32 Å². The molecule has 37 heavy (non-hydrogen) atoms. The number of rotatable bonds is 8. The molecule has 4 rings (SSSR count). The first-order chi connectivity index (χ1) is 17.3. The third kappa shape index (κ3) is 5.38. The van der Waals surface area contributed by atoms with Gasteiger partial charge in [0.1, 0.15) is 23.6 Å². The van der Waals surface area contributed by atoms with Gasteiger partial charge in [0.25, 0.3) is 0 Å². The summed E-state index contributed by atoms with van der Waals surface area (Å²) in [7, 11) is 1.64. The molecular formula is C26H39F2NO8. The smallest absolute Gasteiger partial charge is 0.394 e. The average Bonchev–Trinajstić information content (AvgIpc) is 2.80. The van der Waals surface area contributed by atoms with E-state index in [1.807, 2.05) is 6.92 Å². The van der Waals surface area contributed by atoms with E-state index in [4.69, 9.17) is 18.9 Å². The normalized spacial score (nSPS) is 42.1. The number of fused-ring (bicyclic) bond motifs is 2. The fourth-order valence-electron chi connectivity index (χ4n) is 6.11. The van der Waals surface area contributed by atoms with E-state index in [-0.39, 0.29) is 18.6 Å². The highest BCUT2D eigenvalue weighted by Crippen LogP contribution is 2.49. The van der Waals surface area contributed by atoms with Crippen LogP contribution in [0.2, 0.25) is 0 Å². The summed E-state index contributed by atoms with van der Waals surface area (Å²) in [6, 6.07) is 5.77. The van der Waals surface area contributed by atoms with Crippen LogP contribution >= 0.6 is 0 Å². The van der Waals surface area contributed by atoms with Gasteiger partial charge in [-0.25, -0.2) is 0 Å². The van der Waals surface area contributed by atoms with Crippen molar-refractivity contribution in [1.82, 2.24) is 5.32 Å². The Morgan fingerprint density at radius 3 is 2.49 bits per heavy atom. The largest absolute Gasteiger partial charge is 0.432 e. The maximum Gasteiger partial charge on any atom is 0.394 e. The molecule has 210 valence electrons. The molecule has 1 saturated carbocycles. The lowest BCUT2D eigenvalue weighted by atomic mass is 9.73. The third-order valence-corrected chi connectivity index (χ3v) is 7.93. The van der Waals surface area contributed by atoms with Crippen LogP contribution in [0.15, 0.2) is 24.3 Å². The molecule has 0 radical (unpaired) electrons. The molecule has 2 aliphatic heterocycles. The second-order valence-corrected chi connectivity index (χ2v) is 10.6. The van der Waals surface area contributed by atoms with E-state index < -0.39 is 66.3 Å². The van der Waals surface area contributed by atoms with Gasteiger partial charge in [0.2, 0.25) is 12.1 Å². The quantitative estimate of drug-likeness (QED) is 0.340. The van der Waals surface area contributed by atoms with Crippen molar-refractivity contribution in [3.05, 3.63) is 29.8 Å². The van der Waals surface area contributed by atoms with Crippen LogP contribution in [0.25, 0.3) is 0 Å². The van der Waals surface area contributed by atoms with Gasteiger partial charge in [-0.15, -0.1) is 0 Å². The zero-order chi connectivity index (χ0) is 27.2. The molecule has 0 bridgehead atoms. The van der Waals surface area contributed by atoms with Crippen LogP contribution in [0, 0.1) is 5.92 Å². The fraction of sp³-hybridized carbons (Fsp3) is 0.769. The fourth-order valence-corrected chi connectivity index (χ4v) is 6.11. The Bertz CT molecular complexity index is 934. The highest BCUT2D eigenvalue weighted by Gasteiger charge is 2.68. The second-order valence-electron chi connectivity index (χ2n) is 10.6. The third-order valence-electron chi connectivity index (χ3n) is 7.93. The molecular weight excluding hydrogens is 492 g/mol. The number of aliphatic hydroxyl groups is 4. The number of para-hydroxylation sites is 1. The molecule has 5 N–H and O–H groups in total. The highest BCUT2D eigenvalue weighted by molar-refractivity contribution is 5.33. The van der Waals surface area contributed by atoms with Crippen LogP contribution in [0.5, 0.6) is 5.75 Å². The number of nitrogens with one attached hydrogen (secondary N) is 1. The summed E-state index contributed by atoms with van der Waals surface area (Å²) in [4.78, 5) is 0. The van der Waals surface area contributed by atoms with Crippen molar-refractivity contribution in [3.63, 3.8) is 0 Å². The number of alkyl halides is 2. The molecule has 0 amide bonds. The summed E-state index contributed by atoms with van der Waals surface area (Å²) >= 11 is 0. The lowest BCUT2D eigenvalue weighted by molar-refractivity contribution is -0.485. The number of hydrogen-bond acceptors (Lipinski definition) is 9. The maximum absolute atomic E-state index is 13.5. The van der Waals surface area contributed by atoms with Crippen molar-refractivity contribution < 1.29 is 48.2 Å². The van der Waals surface area contributed by atoms with Crippen LogP contribution in [-0.2, 0) is 20.6 Å². The van der Waals surface area contributed by atoms with Crippen LogP contribution in [0.3, 0.4) is 0 Å².